The second-order valence-corrected chi connectivity index (χ2v) is 9.98. The van der Waals surface area contributed by atoms with Gasteiger partial charge < -0.3 is 16.0 Å². The first-order valence-electron chi connectivity index (χ1n) is 11.5. The van der Waals surface area contributed by atoms with Crippen LogP contribution in [-0.4, -0.2) is 17.6 Å². The van der Waals surface area contributed by atoms with Crippen molar-refractivity contribution in [1.29, 1.82) is 5.26 Å². The van der Waals surface area contributed by atoms with E-state index in [1.807, 2.05) is 78.3 Å². The van der Waals surface area contributed by atoms with E-state index in [9.17, 15) is 14.9 Å². The number of carbonyl (C=O) groups excluding carboxylic acids is 2. The molecule has 0 bridgehead atoms. The predicted octanol–water partition coefficient (Wildman–Crippen LogP) is 6.02. The average molecular weight is 515 g/mol. The molecule has 1 aliphatic heterocycles. The summed E-state index contributed by atoms with van der Waals surface area (Å²) in [4.78, 5) is 26.0. The van der Waals surface area contributed by atoms with Crippen molar-refractivity contribution in [2.45, 2.75) is 26.2 Å². The first kappa shape index (κ1) is 25.3. The number of allylic oxidation sites excluding steroid dienone is 2. The van der Waals surface area contributed by atoms with Crippen LogP contribution in [0.15, 0.2) is 93.3 Å². The Bertz CT molecular complexity index is 1360. The molecule has 2 heterocycles. The molecule has 2 aromatic carbocycles. The molecular formula is C28H26N4O2S2. The topological polar surface area (TPSA) is 94.0 Å². The number of dihydropyridines is 1. The van der Waals surface area contributed by atoms with Crippen molar-refractivity contribution < 1.29 is 9.59 Å². The molecule has 1 unspecified atom stereocenters. The molecule has 0 radical (unpaired) electrons. The van der Waals surface area contributed by atoms with Gasteiger partial charge in [-0.2, -0.15) is 16.6 Å². The lowest BCUT2D eigenvalue weighted by Crippen LogP contribution is -2.31. The number of thioether (sulfide) groups is 1. The monoisotopic (exact) mass is 514 g/mol. The molecule has 8 heteroatoms. The largest absolute Gasteiger partial charge is 0.353 e. The van der Waals surface area contributed by atoms with Gasteiger partial charge in [0.2, 0.25) is 5.91 Å². The Morgan fingerprint density at radius 1 is 1.08 bits per heavy atom. The van der Waals surface area contributed by atoms with E-state index < -0.39 is 5.92 Å². The number of amides is 2. The lowest BCUT2D eigenvalue weighted by molar-refractivity contribution is -0.114. The Kier molecular flexibility index (Phi) is 8.26. The molecule has 6 nitrogen and oxygen atoms in total. The second kappa shape index (κ2) is 11.8. The molecule has 36 heavy (non-hydrogen) atoms. The van der Waals surface area contributed by atoms with Crippen LogP contribution in [0.2, 0.25) is 0 Å². The summed E-state index contributed by atoms with van der Waals surface area (Å²) in [6.45, 7) is 3.89. The highest BCUT2D eigenvalue weighted by Crippen LogP contribution is 2.41. The first-order valence-corrected chi connectivity index (χ1v) is 13.4. The van der Waals surface area contributed by atoms with E-state index in [2.05, 4.69) is 28.9 Å². The van der Waals surface area contributed by atoms with E-state index in [4.69, 9.17) is 0 Å². The quantitative estimate of drug-likeness (QED) is 0.342. The summed E-state index contributed by atoms with van der Waals surface area (Å²) in [5.74, 6) is -0.842. The number of nitriles is 1. The Morgan fingerprint density at radius 3 is 2.56 bits per heavy atom. The molecule has 3 aromatic rings. The van der Waals surface area contributed by atoms with Crippen LogP contribution < -0.4 is 16.0 Å². The lowest BCUT2D eigenvalue weighted by atomic mass is 9.83. The molecular weight excluding hydrogens is 488 g/mol. The zero-order chi connectivity index (χ0) is 25.5. The van der Waals surface area contributed by atoms with Crippen LogP contribution in [0.1, 0.15) is 30.9 Å². The molecule has 2 amide bonds. The molecule has 0 spiro atoms. The summed E-state index contributed by atoms with van der Waals surface area (Å²) in [5.41, 5.74) is 5.00. The van der Waals surface area contributed by atoms with Crippen molar-refractivity contribution in [3.63, 3.8) is 0 Å². The van der Waals surface area contributed by atoms with E-state index in [1.54, 1.807) is 0 Å². The number of aryl methyl sites for hydroxylation is 1. The van der Waals surface area contributed by atoms with E-state index in [1.165, 1.54) is 23.1 Å². The fourth-order valence-corrected chi connectivity index (χ4v) is 5.60. The molecule has 4 rings (SSSR count). The number of carbonyl (C=O) groups is 2. The summed E-state index contributed by atoms with van der Waals surface area (Å²) in [5, 5.41) is 23.7. The summed E-state index contributed by atoms with van der Waals surface area (Å²) in [7, 11) is 0. The molecule has 1 atom stereocenters. The van der Waals surface area contributed by atoms with Crippen molar-refractivity contribution in [2.24, 2.45) is 0 Å². The van der Waals surface area contributed by atoms with Gasteiger partial charge in [-0.15, -0.1) is 0 Å². The minimum atomic E-state index is -0.530. The third kappa shape index (κ3) is 5.88. The van der Waals surface area contributed by atoms with Crippen LogP contribution in [0.3, 0.4) is 0 Å². The van der Waals surface area contributed by atoms with Gasteiger partial charge in [0.05, 0.1) is 28.3 Å². The summed E-state index contributed by atoms with van der Waals surface area (Å²) < 4.78 is 0. The van der Waals surface area contributed by atoms with Crippen LogP contribution in [0.5, 0.6) is 0 Å². The minimum absolute atomic E-state index is 0.124. The number of benzene rings is 2. The summed E-state index contributed by atoms with van der Waals surface area (Å²) in [6, 6.07) is 21.2. The highest BCUT2D eigenvalue weighted by molar-refractivity contribution is 8.03. The molecule has 182 valence electrons. The summed E-state index contributed by atoms with van der Waals surface area (Å²) >= 11 is 2.77. The highest BCUT2D eigenvalue weighted by Gasteiger charge is 2.35. The Labute approximate surface area is 219 Å². The Hall–Kier alpha value is -3.80. The maximum atomic E-state index is 13.4. The highest BCUT2D eigenvalue weighted by atomic mass is 32.2. The van der Waals surface area contributed by atoms with Crippen LogP contribution in [0.4, 0.5) is 11.4 Å². The number of anilines is 2. The third-order valence-corrected chi connectivity index (χ3v) is 7.49. The smallest absolute Gasteiger partial charge is 0.254 e. The molecule has 1 aromatic heterocycles. The molecule has 0 aliphatic carbocycles. The standard InChI is InChI=1S/C28H26N4O2S2/c1-3-19-8-7-11-22(14-19)31-24(33)17-36-28-23(15-29)26(20-12-13-35-16-20)25(18(2)30-28)27(34)32-21-9-5-4-6-10-21/h4-14,16,26,30H,3,17H2,1-2H3,(H,31,33)(H,32,34). The first-order chi connectivity index (χ1) is 17.5. The van der Waals surface area contributed by atoms with Gasteiger partial charge in [0.15, 0.2) is 0 Å². The molecule has 1 aliphatic rings. The lowest BCUT2D eigenvalue weighted by Gasteiger charge is -2.29. The normalized spacial score (nSPS) is 15.2. The van der Waals surface area contributed by atoms with Gasteiger partial charge in [0, 0.05) is 22.6 Å². The number of hydrogen-bond donors (Lipinski definition) is 3. The zero-order valence-corrected chi connectivity index (χ0v) is 21.6. The average Bonchev–Trinajstić information content (AvgIpc) is 3.42. The molecule has 0 fully saturated rings. The number of hydrogen-bond acceptors (Lipinski definition) is 6. The van der Waals surface area contributed by atoms with E-state index >= 15 is 0 Å². The van der Waals surface area contributed by atoms with Crippen LogP contribution >= 0.6 is 23.1 Å². The molecule has 3 N–H and O–H groups in total. The van der Waals surface area contributed by atoms with Gasteiger partial charge >= 0.3 is 0 Å². The molecule has 0 saturated carbocycles. The number of rotatable bonds is 8. The van der Waals surface area contributed by atoms with Gasteiger partial charge in [0.25, 0.3) is 5.91 Å². The van der Waals surface area contributed by atoms with Crippen molar-refractivity contribution in [1.82, 2.24) is 5.32 Å². The maximum Gasteiger partial charge on any atom is 0.254 e. The second-order valence-electron chi connectivity index (χ2n) is 8.22. The maximum absolute atomic E-state index is 13.4. The number of para-hydroxylation sites is 1. The fraction of sp³-hybridized carbons (Fsp3) is 0.179. The fourth-order valence-electron chi connectivity index (χ4n) is 4.02. The van der Waals surface area contributed by atoms with Gasteiger partial charge in [-0.05, 0) is 65.6 Å². The third-order valence-electron chi connectivity index (χ3n) is 5.77. The van der Waals surface area contributed by atoms with Crippen molar-refractivity contribution in [3.05, 3.63) is 104 Å². The number of nitrogens with zero attached hydrogens (tertiary/aromatic N) is 1. The minimum Gasteiger partial charge on any atom is -0.353 e. The molecule has 0 saturated heterocycles. The van der Waals surface area contributed by atoms with Crippen LogP contribution in [0.25, 0.3) is 0 Å². The van der Waals surface area contributed by atoms with Crippen molar-refractivity contribution in [2.75, 3.05) is 16.4 Å². The number of nitrogens with one attached hydrogen (secondary N) is 3. The van der Waals surface area contributed by atoms with E-state index in [0.29, 0.717) is 27.6 Å². The van der Waals surface area contributed by atoms with Gasteiger partial charge in [-0.3, -0.25) is 9.59 Å². The van der Waals surface area contributed by atoms with E-state index in [0.717, 1.165) is 23.2 Å². The van der Waals surface area contributed by atoms with E-state index in [-0.39, 0.29) is 17.6 Å². The Balaban J connectivity index is 1.56. The van der Waals surface area contributed by atoms with Crippen LogP contribution in [0, 0.1) is 11.3 Å². The Morgan fingerprint density at radius 2 is 1.86 bits per heavy atom. The van der Waals surface area contributed by atoms with Crippen LogP contribution in [-0.2, 0) is 16.0 Å². The van der Waals surface area contributed by atoms with Crippen molar-refractivity contribution in [3.8, 4) is 6.07 Å². The number of thiophene rings is 1. The van der Waals surface area contributed by atoms with Crippen molar-refractivity contribution >= 4 is 46.3 Å². The van der Waals surface area contributed by atoms with Gasteiger partial charge in [-0.25, -0.2) is 0 Å². The SMILES string of the molecule is CCc1cccc(NC(=O)CSC2=C(C#N)C(c3ccsc3)C(C(=O)Nc3ccccc3)=C(C)N2)c1. The van der Waals surface area contributed by atoms with Gasteiger partial charge in [-0.1, -0.05) is 49.0 Å². The summed E-state index contributed by atoms with van der Waals surface area (Å²) in [6.07, 6.45) is 0.885. The van der Waals surface area contributed by atoms with Gasteiger partial charge in [0.1, 0.15) is 0 Å². The predicted molar refractivity (Wildman–Crippen MR) is 148 cm³/mol. The zero-order valence-electron chi connectivity index (χ0n) is 20.0.